The van der Waals surface area contributed by atoms with Crippen LogP contribution >= 0.6 is 0 Å². The molecule has 2 fully saturated rings. The van der Waals surface area contributed by atoms with E-state index in [1.807, 2.05) is 0 Å². The SMILES string of the molecule is NC(=O)CCNC1CCCCC1C1CCCCN1. The summed E-state index contributed by atoms with van der Waals surface area (Å²) in [5.74, 6) is 0.539. The zero-order valence-corrected chi connectivity index (χ0v) is 11.3. The first-order valence-electron chi connectivity index (χ1n) is 7.52. The number of carbonyl (C=O) groups is 1. The van der Waals surface area contributed by atoms with E-state index < -0.39 is 0 Å². The number of nitrogens with two attached hydrogens (primary N) is 1. The molecule has 4 N–H and O–H groups in total. The largest absolute Gasteiger partial charge is 0.370 e. The molecule has 0 radical (unpaired) electrons. The van der Waals surface area contributed by atoms with E-state index >= 15 is 0 Å². The monoisotopic (exact) mass is 253 g/mol. The molecule has 18 heavy (non-hydrogen) atoms. The maximum Gasteiger partial charge on any atom is 0.218 e. The summed E-state index contributed by atoms with van der Waals surface area (Å²) in [6.07, 6.45) is 9.72. The van der Waals surface area contributed by atoms with Crippen LogP contribution in [0.1, 0.15) is 51.4 Å². The van der Waals surface area contributed by atoms with Crippen molar-refractivity contribution in [2.45, 2.75) is 63.5 Å². The first-order valence-corrected chi connectivity index (χ1v) is 7.52. The number of primary amides is 1. The normalized spacial score (nSPS) is 33.2. The van der Waals surface area contributed by atoms with Gasteiger partial charge in [0.15, 0.2) is 0 Å². The molecule has 0 spiro atoms. The predicted molar refractivity (Wildman–Crippen MR) is 73.2 cm³/mol. The van der Waals surface area contributed by atoms with Crippen molar-refractivity contribution < 1.29 is 4.79 Å². The number of amides is 1. The molecule has 3 unspecified atom stereocenters. The van der Waals surface area contributed by atoms with Crippen molar-refractivity contribution in [3.8, 4) is 0 Å². The molecule has 1 saturated carbocycles. The summed E-state index contributed by atoms with van der Waals surface area (Å²) in [4.78, 5) is 10.8. The molecule has 0 bridgehead atoms. The van der Waals surface area contributed by atoms with Crippen molar-refractivity contribution in [3.05, 3.63) is 0 Å². The van der Waals surface area contributed by atoms with E-state index in [1.54, 1.807) is 0 Å². The highest BCUT2D eigenvalue weighted by Crippen LogP contribution is 2.30. The Balaban J connectivity index is 1.82. The summed E-state index contributed by atoms with van der Waals surface area (Å²) in [6, 6.07) is 1.26. The second-order valence-electron chi connectivity index (χ2n) is 5.78. The van der Waals surface area contributed by atoms with Crippen molar-refractivity contribution >= 4 is 5.91 Å². The van der Waals surface area contributed by atoms with Crippen LogP contribution in [0.2, 0.25) is 0 Å². The lowest BCUT2D eigenvalue weighted by atomic mass is 9.77. The van der Waals surface area contributed by atoms with Gasteiger partial charge in [0.1, 0.15) is 0 Å². The molecule has 1 saturated heterocycles. The topological polar surface area (TPSA) is 67.2 Å². The summed E-state index contributed by atoms with van der Waals surface area (Å²) in [7, 11) is 0. The molecule has 1 aliphatic heterocycles. The minimum absolute atomic E-state index is 0.203. The predicted octanol–water partition coefficient (Wildman–Crippen LogP) is 1.15. The van der Waals surface area contributed by atoms with E-state index in [9.17, 15) is 4.79 Å². The second kappa shape index (κ2) is 7.10. The molecule has 4 heteroatoms. The van der Waals surface area contributed by atoms with Crippen LogP contribution in [-0.2, 0) is 4.79 Å². The Hall–Kier alpha value is -0.610. The molecule has 104 valence electrons. The fourth-order valence-electron chi connectivity index (χ4n) is 3.52. The Morgan fingerprint density at radius 2 is 1.94 bits per heavy atom. The molecule has 0 aromatic rings. The third-order valence-corrected chi connectivity index (χ3v) is 4.46. The zero-order valence-electron chi connectivity index (χ0n) is 11.3. The van der Waals surface area contributed by atoms with E-state index in [2.05, 4.69) is 10.6 Å². The number of nitrogens with one attached hydrogen (secondary N) is 2. The Labute approximate surface area is 110 Å². The van der Waals surface area contributed by atoms with E-state index in [0.717, 1.165) is 12.5 Å². The van der Waals surface area contributed by atoms with E-state index in [1.165, 1.54) is 51.5 Å². The van der Waals surface area contributed by atoms with Crippen LogP contribution in [0.3, 0.4) is 0 Å². The summed E-state index contributed by atoms with van der Waals surface area (Å²) >= 11 is 0. The highest BCUT2D eigenvalue weighted by molar-refractivity contribution is 5.73. The quantitative estimate of drug-likeness (QED) is 0.688. The zero-order chi connectivity index (χ0) is 12.8. The first kappa shape index (κ1) is 13.8. The number of carbonyl (C=O) groups excluding carboxylic acids is 1. The molecule has 3 atom stereocenters. The fraction of sp³-hybridized carbons (Fsp3) is 0.929. The van der Waals surface area contributed by atoms with Gasteiger partial charge in [-0.15, -0.1) is 0 Å². The third-order valence-electron chi connectivity index (χ3n) is 4.46. The molecule has 0 aromatic heterocycles. The van der Waals surface area contributed by atoms with Gasteiger partial charge in [0.05, 0.1) is 0 Å². The van der Waals surface area contributed by atoms with Crippen molar-refractivity contribution in [1.29, 1.82) is 0 Å². The standard InChI is InChI=1S/C14H27N3O/c15-14(18)8-10-17-13-6-2-1-5-11(13)12-7-3-4-9-16-12/h11-13,16-17H,1-10H2,(H2,15,18). The van der Waals surface area contributed by atoms with Gasteiger partial charge in [0, 0.05) is 25.0 Å². The lowest BCUT2D eigenvalue weighted by molar-refractivity contribution is -0.117. The lowest BCUT2D eigenvalue weighted by Gasteiger charge is -2.40. The van der Waals surface area contributed by atoms with Crippen LogP contribution in [0.4, 0.5) is 0 Å². The molecular weight excluding hydrogens is 226 g/mol. The first-order chi connectivity index (χ1) is 8.77. The van der Waals surface area contributed by atoms with Crippen LogP contribution in [0.5, 0.6) is 0 Å². The fourth-order valence-corrected chi connectivity index (χ4v) is 3.52. The van der Waals surface area contributed by atoms with Crippen LogP contribution < -0.4 is 16.4 Å². The molecule has 0 aromatic carbocycles. The number of rotatable bonds is 5. The van der Waals surface area contributed by atoms with Gasteiger partial charge >= 0.3 is 0 Å². The Morgan fingerprint density at radius 3 is 2.67 bits per heavy atom. The molecule has 1 amide bonds. The molecular formula is C14H27N3O. The van der Waals surface area contributed by atoms with E-state index in [-0.39, 0.29) is 5.91 Å². The summed E-state index contributed by atoms with van der Waals surface area (Å²) < 4.78 is 0. The van der Waals surface area contributed by atoms with Gasteiger partial charge in [-0.3, -0.25) is 4.79 Å². The van der Waals surface area contributed by atoms with Crippen LogP contribution in [-0.4, -0.2) is 31.1 Å². The van der Waals surface area contributed by atoms with Gasteiger partial charge < -0.3 is 16.4 Å². The minimum atomic E-state index is -0.203. The van der Waals surface area contributed by atoms with Crippen LogP contribution in [0, 0.1) is 5.92 Å². The van der Waals surface area contributed by atoms with Crippen molar-refractivity contribution in [1.82, 2.24) is 10.6 Å². The van der Waals surface area contributed by atoms with Crippen molar-refractivity contribution in [2.24, 2.45) is 11.7 Å². The van der Waals surface area contributed by atoms with Crippen LogP contribution in [0.25, 0.3) is 0 Å². The number of hydrogen-bond acceptors (Lipinski definition) is 3. The molecule has 2 aliphatic rings. The van der Waals surface area contributed by atoms with Gasteiger partial charge in [0.2, 0.25) is 5.91 Å². The summed E-state index contributed by atoms with van der Waals surface area (Å²) in [5, 5.41) is 7.25. The Kier molecular flexibility index (Phi) is 5.45. The second-order valence-corrected chi connectivity index (χ2v) is 5.78. The average Bonchev–Trinajstić information content (AvgIpc) is 2.40. The number of piperidine rings is 1. The van der Waals surface area contributed by atoms with E-state index in [4.69, 9.17) is 5.73 Å². The number of hydrogen-bond donors (Lipinski definition) is 3. The van der Waals surface area contributed by atoms with Gasteiger partial charge in [-0.2, -0.15) is 0 Å². The maximum absolute atomic E-state index is 10.8. The smallest absolute Gasteiger partial charge is 0.218 e. The Bertz CT molecular complexity index is 264. The van der Waals surface area contributed by atoms with Gasteiger partial charge in [-0.25, -0.2) is 0 Å². The minimum Gasteiger partial charge on any atom is -0.370 e. The third kappa shape index (κ3) is 3.95. The molecule has 1 heterocycles. The maximum atomic E-state index is 10.8. The lowest BCUT2D eigenvalue weighted by Crippen LogP contribution is -2.50. The highest BCUT2D eigenvalue weighted by atomic mass is 16.1. The summed E-state index contributed by atoms with van der Waals surface area (Å²) in [6.45, 7) is 1.92. The summed E-state index contributed by atoms with van der Waals surface area (Å²) in [5.41, 5.74) is 5.19. The van der Waals surface area contributed by atoms with Gasteiger partial charge in [-0.1, -0.05) is 19.3 Å². The molecule has 4 nitrogen and oxygen atoms in total. The van der Waals surface area contributed by atoms with Crippen molar-refractivity contribution in [2.75, 3.05) is 13.1 Å². The van der Waals surface area contributed by atoms with Crippen LogP contribution in [0.15, 0.2) is 0 Å². The average molecular weight is 253 g/mol. The molecule has 1 aliphatic carbocycles. The van der Waals surface area contributed by atoms with Crippen molar-refractivity contribution in [3.63, 3.8) is 0 Å². The van der Waals surface area contributed by atoms with Gasteiger partial charge in [-0.05, 0) is 38.1 Å². The highest BCUT2D eigenvalue weighted by Gasteiger charge is 2.31. The Morgan fingerprint density at radius 1 is 1.17 bits per heavy atom. The van der Waals surface area contributed by atoms with E-state index in [0.29, 0.717) is 18.5 Å². The van der Waals surface area contributed by atoms with Gasteiger partial charge in [0.25, 0.3) is 0 Å². The molecule has 2 rings (SSSR count).